The van der Waals surface area contributed by atoms with Crippen LogP contribution in [0.15, 0.2) is 95.5 Å². The van der Waals surface area contributed by atoms with Crippen molar-refractivity contribution in [1.82, 2.24) is 5.32 Å². The maximum atomic E-state index is 14.3. The van der Waals surface area contributed by atoms with Crippen molar-refractivity contribution in [3.05, 3.63) is 134 Å². The Kier molecular flexibility index (Phi) is 8.76. The van der Waals surface area contributed by atoms with Gasteiger partial charge in [0.05, 0.1) is 16.6 Å². The van der Waals surface area contributed by atoms with Crippen molar-refractivity contribution < 1.29 is 18.3 Å². The monoisotopic (exact) mass is 636 g/mol. The van der Waals surface area contributed by atoms with Gasteiger partial charge in [-0.3, -0.25) is 4.79 Å². The minimum absolute atomic E-state index is 0.0611. The van der Waals surface area contributed by atoms with E-state index in [4.69, 9.17) is 16.3 Å². The van der Waals surface area contributed by atoms with Gasteiger partial charge in [-0.15, -0.1) is 0 Å². The lowest BCUT2D eigenvalue weighted by atomic mass is 10.1. The summed E-state index contributed by atoms with van der Waals surface area (Å²) in [5, 5.41) is 3.40. The molecule has 1 unspecified atom stereocenters. The summed E-state index contributed by atoms with van der Waals surface area (Å²) < 4.78 is 34.6. The van der Waals surface area contributed by atoms with E-state index in [1.54, 1.807) is 12.1 Å². The fourth-order valence-corrected chi connectivity index (χ4v) is 5.48. The molecule has 5 rings (SSSR count). The zero-order valence-corrected chi connectivity index (χ0v) is 24.8. The Bertz CT molecular complexity index is 1610. The Labute approximate surface area is 251 Å². The van der Waals surface area contributed by atoms with Crippen molar-refractivity contribution in [2.24, 2.45) is 0 Å². The molecule has 4 nitrogen and oxygen atoms in total. The van der Waals surface area contributed by atoms with E-state index >= 15 is 0 Å². The van der Waals surface area contributed by atoms with Gasteiger partial charge in [-0.25, -0.2) is 8.78 Å². The van der Waals surface area contributed by atoms with Crippen LogP contribution in [0, 0.1) is 11.6 Å². The van der Waals surface area contributed by atoms with Gasteiger partial charge in [0, 0.05) is 39.1 Å². The molecule has 4 aromatic rings. The maximum absolute atomic E-state index is 14.3. The molecule has 0 radical (unpaired) electrons. The molecular formula is C33H28BrClF2N2O2. The first kappa shape index (κ1) is 28.8. The lowest BCUT2D eigenvalue weighted by Crippen LogP contribution is -2.29. The van der Waals surface area contributed by atoms with Gasteiger partial charge in [0.15, 0.2) is 0 Å². The molecule has 2 atom stereocenters. The van der Waals surface area contributed by atoms with E-state index in [1.807, 2.05) is 61.5 Å². The number of halogens is 4. The first-order valence-electron chi connectivity index (χ1n) is 13.2. The summed E-state index contributed by atoms with van der Waals surface area (Å²) in [7, 11) is 0. The molecule has 4 aromatic carbocycles. The number of nitrogens with one attached hydrogen (secondary N) is 1. The number of ether oxygens (including phenoxy) is 1. The van der Waals surface area contributed by atoms with Gasteiger partial charge in [0.25, 0.3) is 5.91 Å². The molecule has 210 valence electrons. The predicted molar refractivity (Wildman–Crippen MR) is 163 cm³/mol. The molecule has 0 bridgehead atoms. The Balaban J connectivity index is 1.43. The fourth-order valence-electron chi connectivity index (χ4n) is 4.92. The van der Waals surface area contributed by atoms with E-state index in [0.717, 1.165) is 39.5 Å². The van der Waals surface area contributed by atoms with Crippen LogP contribution in [0.1, 0.15) is 53.4 Å². The van der Waals surface area contributed by atoms with Crippen LogP contribution in [-0.2, 0) is 6.61 Å². The van der Waals surface area contributed by atoms with Crippen molar-refractivity contribution in [3.8, 4) is 5.75 Å². The van der Waals surface area contributed by atoms with Crippen LogP contribution >= 0.6 is 27.5 Å². The molecule has 0 spiro atoms. The molecule has 8 heteroatoms. The van der Waals surface area contributed by atoms with Crippen LogP contribution in [-0.4, -0.2) is 11.9 Å². The van der Waals surface area contributed by atoms with E-state index in [0.29, 0.717) is 16.3 Å². The Morgan fingerprint density at radius 1 is 1.07 bits per heavy atom. The summed E-state index contributed by atoms with van der Waals surface area (Å²) in [5.41, 5.74) is 4.12. The van der Waals surface area contributed by atoms with Gasteiger partial charge < -0.3 is 15.0 Å². The normalized spacial score (nSPS) is 15.4. The summed E-state index contributed by atoms with van der Waals surface area (Å²) in [6.45, 7) is 3.97. The topological polar surface area (TPSA) is 41.6 Å². The molecule has 0 aromatic heterocycles. The van der Waals surface area contributed by atoms with Gasteiger partial charge in [-0.1, -0.05) is 63.9 Å². The standard InChI is InChI=1S/C33H28BrClF2N2O2/c1-20-8-14-31(28-16-24(34)10-15-32(28)41-19-23-9-11-25(36)17-30(23)37)39(20)26-12-13-29(35)27(18-26)33(40)38-21(2)22-6-4-3-5-7-22/h3-7,9-18,20-21H,8,19H2,1-2H3,(H,38,40)/t20?,21-/m0/s1. The number of nitrogens with zero attached hydrogens (tertiary/aromatic N) is 1. The Hall–Kier alpha value is -3.68. The molecule has 1 aliphatic rings. The predicted octanol–water partition coefficient (Wildman–Crippen LogP) is 9.09. The highest BCUT2D eigenvalue weighted by molar-refractivity contribution is 9.10. The number of benzene rings is 4. The zero-order chi connectivity index (χ0) is 29.1. The number of hydrogen-bond acceptors (Lipinski definition) is 3. The van der Waals surface area contributed by atoms with Crippen LogP contribution in [0.25, 0.3) is 5.70 Å². The van der Waals surface area contributed by atoms with Crippen LogP contribution in [0.4, 0.5) is 14.5 Å². The fraction of sp³-hybridized carbons (Fsp3) is 0.182. The van der Waals surface area contributed by atoms with Crippen LogP contribution in [0.3, 0.4) is 0 Å². The number of rotatable bonds is 8. The Morgan fingerprint density at radius 3 is 2.61 bits per heavy atom. The number of amides is 1. The molecule has 0 saturated carbocycles. The van der Waals surface area contributed by atoms with Crippen molar-refractivity contribution in [3.63, 3.8) is 0 Å². The lowest BCUT2D eigenvalue weighted by molar-refractivity contribution is 0.0940. The minimum atomic E-state index is -0.660. The highest BCUT2D eigenvalue weighted by Crippen LogP contribution is 2.41. The van der Waals surface area contributed by atoms with Crippen molar-refractivity contribution in [2.75, 3.05) is 4.90 Å². The van der Waals surface area contributed by atoms with Gasteiger partial charge in [-0.2, -0.15) is 0 Å². The molecule has 1 aliphatic heterocycles. The summed E-state index contributed by atoms with van der Waals surface area (Å²) in [5.74, 6) is -1.02. The van der Waals surface area contributed by atoms with Crippen LogP contribution < -0.4 is 15.0 Å². The molecule has 1 amide bonds. The summed E-state index contributed by atoms with van der Waals surface area (Å²) in [4.78, 5) is 15.4. The first-order chi connectivity index (χ1) is 19.7. The summed E-state index contributed by atoms with van der Waals surface area (Å²) in [6, 6.07) is 24.1. The molecule has 1 heterocycles. The third-order valence-corrected chi connectivity index (χ3v) is 7.91. The van der Waals surface area contributed by atoms with Crippen LogP contribution in [0.2, 0.25) is 5.02 Å². The highest BCUT2D eigenvalue weighted by atomic mass is 79.9. The van der Waals surface area contributed by atoms with E-state index < -0.39 is 11.6 Å². The second kappa shape index (κ2) is 12.5. The molecule has 1 N–H and O–H groups in total. The van der Waals surface area contributed by atoms with E-state index in [-0.39, 0.29) is 30.2 Å². The number of carbonyl (C=O) groups excluding carboxylic acids is 1. The Morgan fingerprint density at radius 2 is 1.85 bits per heavy atom. The minimum Gasteiger partial charge on any atom is -0.488 e. The van der Waals surface area contributed by atoms with Gasteiger partial charge in [0.1, 0.15) is 24.0 Å². The van der Waals surface area contributed by atoms with Crippen molar-refractivity contribution in [1.29, 1.82) is 0 Å². The smallest absolute Gasteiger partial charge is 0.253 e. The largest absolute Gasteiger partial charge is 0.488 e. The molecule has 0 saturated heterocycles. The third-order valence-electron chi connectivity index (χ3n) is 7.09. The van der Waals surface area contributed by atoms with Gasteiger partial charge in [0.2, 0.25) is 0 Å². The van der Waals surface area contributed by atoms with E-state index in [9.17, 15) is 13.6 Å². The average molecular weight is 638 g/mol. The number of carbonyl (C=O) groups is 1. The second-order valence-corrected chi connectivity index (χ2v) is 11.3. The first-order valence-corrected chi connectivity index (χ1v) is 14.4. The van der Waals surface area contributed by atoms with Gasteiger partial charge >= 0.3 is 0 Å². The molecule has 41 heavy (non-hydrogen) atoms. The molecule has 0 aliphatic carbocycles. The zero-order valence-electron chi connectivity index (χ0n) is 22.5. The quantitative estimate of drug-likeness (QED) is 0.210. The SMILES string of the molecule is CC1CC=C(c2cc(Br)ccc2OCc2ccc(F)cc2F)N1c1ccc(Cl)c(C(=O)N[C@@H](C)c2ccccc2)c1. The number of hydrogen-bond donors (Lipinski definition) is 1. The number of anilines is 1. The third kappa shape index (κ3) is 6.47. The van der Waals surface area contributed by atoms with Gasteiger partial charge in [-0.05, 0) is 74.4 Å². The maximum Gasteiger partial charge on any atom is 0.253 e. The second-order valence-electron chi connectivity index (χ2n) is 9.98. The summed E-state index contributed by atoms with van der Waals surface area (Å²) in [6.07, 6.45) is 2.88. The lowest BCUT2D eigenvalue weighted by Gasteiger charge is -2.29. The molecule has 0 fully saturated rings. The van der Waals surface area contributed by atoms with E-state index in [1.165, 1.54) is 12.1 Å². The average Bonchev–Trinajstić information content (AvgIpc) is 3.34. The summed E-state index contributed by atoms with van der Waals surface area (Å²) >= 11 is 10.1. The van der Waals surface area contributed by atoms with Crippen molar-refractivity contribution in [2.45, 2.75) is 39.0 Å². The van der Waals surface area contributed by atoms with E-state index in [2.05, 4.69) is 39.1 Å². The van der Waals surface area contributed by atoms with Crippen LogP contribution in [0.5, 0.6) is 5.75 Å². The molecular weight excluding hydrogens is 610 g/mol. The highest BCUT2D eigenvalue weighted by Gasteiger charge is 2.28. The van der Waals surface area contributed by atoms with Crippen molar-refractivity contribution >= 4 is 44.8 Å².